The molecule has 44 heavy (non-hydrogen) atoms. The van der Waals surface area contributed by atoms with Gasteiger partial charge in [-0.1, -0.05) is 44.4 Å². The molecular weight excluding hydrogens is 572 g/mol. The minimum absolute atomic E-state index is 0.0656. The number of anilines is 1. The molecule has 0 aliphatic rings. The second-order valence-electron chi connectivity index (χ2n) is 10.9. The molecule has 8 N–H and O–H groups in total. The number of aromatic hydroxyl groups is 2. The van der Waals surface area contributed by atoms with Crippen molar-refractivity contribution in [2.24, 2.45) is 11.7 Å². The number of nitrogens with one attached hydrogen (secondary N) is 4. The van der Waals surface area contributed by atoms with Crippen LogP contribution in [0.1, 0.15) is 70.8 Å². The van der Waals surface area contributed by atoms with Gasteiger partial charge in [-0.15, -0.1) is 4.73 Å². The average molecular weight is 617 g/mol. The van der Waals surface area contributed by atoms with Crippen LogP contribution in [-0.4, -0.2) is 63.3 Å². The highest BCUT2D eigenvalue weighted by molar-refractivity contribution is 5.98. The molecule has 0 spiro atoms. The number of aromatic nitrogens is 1. The lowest BCUT2D eigenvalue weighted by Crippen LogP contribution is -2.54. The fraction of sp³-hybridized carbons (Fsp3) is 0.500. The smallest absolute Gasteiger partial charge is 0.333 e. The third-order valence-electron chi connectivity index (χ3n) is 6.71. The summed E-state index contributed by atoms with van der Waals surface area (Å²) in [6.07, 6.45) is 3.15. The number of amides is 5. The molecule has 0 saturated carbocycles. The molecule has 1 aromatic heterocycles. The Morgan fingerprint density at radius 3 is 2.05 bits per heavy atom. The number of nitrogens with zero attached hydrogens (tertiary/aromatic N) is 1. The van der Waals surface area contributed by atoms with E-state index in [2.05, 4.69) is 21.3 Å². The van der Waals surface area contributed by atoms with Gasteiger partial charge in [-0.3, -0.25) is 14.4 Å². The number of urea groups is 1. The van der Waals surface area contributed by atoms with Crippen molar-refractivity contribution in [3.8, 4) is 11.8 Å². The number of aryl methyl sites for hydroxylation is 1. The van der Waals surface area contributed by atoms with Gasteiger partial charge in [-0.05, 0) is 50.7 Å². The second-order valence-corrected chi connectivity index (χ2v) is 10.9. The van der Waals surface area contributed by atoms with Crippen LogP contribution in [0, 0.1) is 12.8 Å². The van der Waals surface area contributed by atoms with Crippen molar-refractivity contribution >= 4 is 35.4 Å². The molecule has 2 aromatic rings. The van der Waals surface area contributed by atoms with Crippen LogP contribution in [0.5, 0.6) is 11.8 Å². The lowest BCUT2D eigenvalue weighted by atomic mass is 10.0. The van der Waals surface area contributed by atoms with E-state index >= 15 is 0 Å². The maximum atomic E-state index is 13.2. The van der Waals surface area contributed by atoms with E-state index < -0.39 is 47.7 Å². The Morgan fingerprint density at radius 2 is 1.45 bits per heavy atom. The van der Waals surface area contributed by atoms with E-state index in [-0.39, 0.29) is 37.6 Å². The molecule has 0 aliphatic carbocycles. The summed E-state index contributed by atoms with van der Waals surface area (Å²) in [6, 6.07) is 7.10. The maximum absolute atomic E-state index is 13.2. The number of carbonyl (C=O) groups is 5. The lowest BCUT2D eigenvalue weighted by Gasteiger charge is -2.25. The van der Waals surface area contributed by atoms with Gasteiger partial charge in [0.15, 0.2) is 0 Å². The van der Waals surface area contributed by atoms with Crippen LogP contribution in [-0.2, 0) is 19.2 Å². The van der Waals surface area contributed by atoms with Crippen LogP contribution in [0.25, 0.3) is 0 Å². The van der Waals surface area contributed by atoms with E-state index in [0.29, 0.717) is 42.5 Å². The quantitative estimate of drug-likeness (QED) is 0.123. The summed E-state index contributed by atoms with van der Waals surface area (Å²) >= 11 is 0. The van der Waals surface area contributed by atoms with Crippen molar-refractivity contribution in [3.05, 3.63) is 42.0 Å². The number of benzene rings is 1. The summed E-state index contributed by atoms with van der Waals surface area (Å²) in [7, 11) is 0. The van der Waals surface area contributed by atoms with Crippen molar-refractivity contribution in [1.29, 1.82) is 0 Å². The molecule has 242 valence electrons. The van der Waals surface area contributed by atoms with Gasteiger partial charge in [0.2, 0.25) is 29.5 Å². The minimum atomic E-state index is -0.922. The van der Waals surface area contributed by atoms with Gasteiger partial charge in [0.05, 0.1) is 0 Å². The molecular formula is C30H44N6O8. The number of unbranched alkanes of at least 4 members (excludes halogenated alkanes) is 3. The third kappa shape index (κ3) is 12.6. The second kappa shape index (κ2) is 18.0. The Labute approximate surface area is 256 Å². The largest absolute Gasteiger partial charge is 0.492 e. The first kappa shape index (κ1) is 35.4. The predicted octanol–water partition coefficient (Wildman–Crippen LogP) is 2.22. The summed E-state index contributed by atoms with van der Waals surface area (Å²) in [5.41, 5.74) is 6.71. The Balaban J connectivity index is 1.83. The number of primary amides is 1. The van der Waals surface area contributed by atoms with Crippen LogP contribution >= 0.6 is 0 Å². The zero-order chi connectivity index (χ0) is 32.6. The van der Waals surface area contributed by atoms with Crippen LogP contribution in [0.3, 0.4) is 0 Å². The fourth-order valence-corrected chi connectivity index (χ4v) is 4.25. The number of hydrogen-bond donors (Lipinski definition) is 7. The van der Waals surface area contributed by atoms with Crippen LogP contribution in [0.15, 0.2) is 36.4 Å². The number of rotatable bonds is 18. The molecule has 1 aromatic carbocycles. The van der Waals surface area contributed by atoms with Gasteiger partial charge in [0.25, 0.3) is 0 Å². The molecule has 2 rings (SSSR count). The van der Waals surface area contributed by atoms with Gasteiger partial charge in [0.1, 0.15) is 12.1 Å². The lowest BCUT2D eigenvalue weighted by molar-refractivity contribution is -0.145. The van der Waals surface area contributed by atoms with Crippen molar-refractivity contribution in [3.63, 3.8) is 0 Å². The molecule has 14 nitrogen and oxygen atoms in total. The van der Waals surface area contributed by atoms with E-state index in [9.17, 15) is 34.2 Å². The highest BCUT2D eigenvalue weighted by Crippen LogP contribution is 2.19. The summed E-state index contributed by atoms with van der Waals surface area (Å²) in [5.74, 6) is -2.92. The van der Waals surface area contributed by atoms with Gasteiger partial charge in [0, 0.05) is 37.2 Å². The monoisotopic (exact) mass is 616 g/mol. The summed E-state index contributed by atoms with van der Waals surface area (Å²) < 4.78 is 0.633. The molecule has 0 fully saturated rings. The molecule has 14 heteroatoms. The highest BCUT2D eigenvalue weighted by Gasteiger charge is 2.28. The molecule has 2 atom stereocenters. The van der Waals surface area contributed by atoms with Gasteiger partial charge in [-0.25, -0.2) is 9.59 Å². The van der Waals surface area contributed by atoms with E-state index in [1.807, 2.05) is 19.1 Å². The Morgan fingerprint density at radius 1 is 0.841 bits per heavy atom. The van der Waals surface area contributed by atoms with Gasteiger partial charge in [-0.2, -0.15) is 0 Å². The van der Waals surface area contributed by atoms with E-state index in [0.717, 1.165) is 5.56 Å². The first-order chi connectivity index (χ1) is 20.9. The van der Waals surface area contributed by atoms with Crippen LogP contribution in [0.4, 0.5) is 10.5 Å². The molecule has 0 bridgehead atoms. The summed E-state index contributed by atoms with van der Waals surface area (Å²) in [6.45, 7) is 5.72. The van der Waals surface area contributed by atoms with Crippen molar-refractivity contribution in [2.45, 2.75) is 84.2 Å². The van der Waals surface area contributed by atoms with Crippen molar-refractivity contribution in [1.82, 2.24) is 20.7 Å². The van der Waals surface area contributed by atoms with Crippen LogP contribution < -0.4 is 31.8 Å². The third-order valence-corrected chi connectivity index (χ3v) is 6.71. The van der Waals surface area contributed by atoms with Crippen LogP contribution in [0.2, 0.25) is 0 Å². The first-order valence-corrected chi connectivity index (χ1v) is 14.7. The predicted molar refractivity (Wildman–Crippen MR) is 162 cm³/mol. The Hall–Kier alpha value is -4.75. The molecule has 1 heterocycles. The molecule has 0 saturated heterocycles. The van der Waals surface area contributed by atoms with Gasteiger partial charge < -0.3 is 42.1 Å². The topological polar surface area (TPSA) is 214 Å². The normalized spacial score (nSPS) is 12.2. The maximum Gasteiger partial charge on any atom is 0.333 e. The summed E-state index contributed by atoms with van der Waals surface area (Å²) in [4.78, 5) is 66.8. The SMILES string of the molecule is Cc1ccc(NC(=O)[C@H](CCCNC(N)=O)NC(=O)C(NC(=O)CCCCCCC(=O)On2c(O)ccc2O)C(C)C)cc1. The van der Waals surface area contributed by atoms with Gasteiger partial charge >= 0.3 is 12.0 Å². The molecule has 0 radical (unpaired) electrons. The fourth-order valence-electron chi connectivity index (χ4n) is 4.25. The standard InChI is InChI=1S/C30H44N6O8/c1-19(2)27(35-23(37)10-6-4-5-7-11-26(40)44-36-24(38)16-17-25(36)39)29(42)34-22(9-8-18-32-30(31)43)28(41)33-21-14-12-20(3)13-15-21/h12-17,19,22,27,38-39H,4-11,18H2,1-3H3,(H,33,41)(H,34,42)(H,35,37)(H3,31,32,43)/t22-,27?/m0/s1. The van der Waals surface area contributed by atoms with E-state index in [1.165, 1.54) is 12.1 Å². The first-order valence-electron chi connectivity index (χ1n) is 14.7. The number of nitrogens with two attached hydrogens (primary N) is 1. The van der Waals surface area contributed by atoms with E-state index in [4.69, 9.17) is 10.6 Å². The van der Waals surface area contributed by atoms with Crippen molar-refractivity contribution < 1.29 is 39.0 Å². The molecule has 5 amide bonds. The summed E-state index contributed by atoms with van der Waals surface area (Å²) in [5, 5.41) is 29.8. The van der Waals surface area contributed by atoms with E-state index in [1.54, 1.807) is 26.0 Å². The Kier molecular flexibility index (Phi) is 14.5. The number of hydrogen-bond acceptors (Lipinski definition) is 8. The molecule has 0 aliphatic heterocycles. The highest BCUT2D eigenvalue weighted by atomic mass is 16.7. The zero-order valence-corrected chi connectivity index (χ0v) is 25.4. The molecule has 1 unspecified atom stereocenters. The zero-order valence-electron chi connectivity index (χ0n) is 25.4. The average Bonchev–Trinajstić information content (AvgIpc) is 3.27. The Bertz CT molecular complexity index is 1240. The number of carbonyl (C=O) groups excluding carboxylic acids is 5. The minimum Gasteiger partial charge on any atom is -0.492 e. The van der Waals surface area contributed by atoms with Crippen molar-refractivity contribution in [2.75, 3.05) is 11.9 Å².